The van der Waals surface area contributed by atoms with E-state index in [-0.39, 0.29) is 5.56 Å². The van der Waals surface area contributed by atoms with E-state index in [1.54, 1.807) is 6.07 Å². The molecule has 1 N–H and O–H groups in total. The molecule has 0 aromatic carbocycles. The van der Waals surface area contributed by atoms with Gasteiger partial charge in [-0.25, -0.2) is 4.79 Å². The summed E-state index contributed by atoms with van der Waals surface area (Å²) in [7, 11) is 1.43. The van der Waals surface area contributed by atoms with Crippen molar-refractivity contribution >= 4 is 5.97 Å². The van der Waals surface area contributed by atoms with E-state index >= 15 is 0 Å². The minimum absolute atomic E-state index is 0.172. The quantitative estimate of drug-likeness (QED) is 0.795. The van der Waals surface area contributed by atoms with Crippen LogP contribution in [0.15, 0.2) is 12.3 Å². The number of carboxylic acids is 1. The van der Waals surface area contributed by atoms with Crippen molar-refractivity contribution in [2.24, 2.45) is 0 Å². The summed E-state index contributed by atoms with van der Waals surface area (Å²) >= 11 is 0. The summed E-state index contributed by atoms with van der Waals surface area (Å²) in [6.07, 6.45) is 3.18. The highest BCUT2D eigenvalue weighted by Gasteiger charge is 2.11. The first-order valence-corrected chi connectivity index (χ1v) is 4.45. The van der Waals surface area contributed by atoms with Gasteiger partial charge in [-0.1, -0.05) is 13.3 Å². The molecule has 0 saturated heterocycles. The van der Waals surface area contributed by atoms with Crippen LogP contribution in [-0.4, -0.2) is 23.2 Å². The zero-order valence-corrected chi connectivity index (χ0v) is 8.28. The van der Waals surface area contributed by atoms with Gasteiger partial charge in [-0.05, 0) is 12.5 Å². The number of aromatic carboxylic acids is 1. The molecule has 1 rings (SSSR count). The van der Waals surface area contributed by atoms with Gasteiger partial charge in [0.2, 0.25) is 0 Å². The molecule has 0 spiro atoms. The molecule has 0 amide bonds. The van der Waals surface area contributed by atoms with E-state index in [4.69, 9.17) is 9.84 Å². The molecule has 0 unspecified atom stereocenters. The molecule has 4 heteroatoms. The number of carboxylic acid groups (broad SMARTS) is 1. The van der Waals surface area contributed by atoms with Gasteiger partial charge >= 0.3 is 5.97 Å². The van der Waals surface area contributed by atoms with Crippen molar-refractivity contribution in [2.45, 2.75) is 19.8 Å². The van der Waals surface area contributed by atoms with Gasteiger partial charge in [-0.2, -0.15) is 0 Å². The van der Waals surface area contributed by atoms with E-state index in [2.05, 4.69) is 4.98 Å². The first-order chi connectivity index (χ1) is 6.69. The van der Waals surface area contributed by atoms with Crippen LogP contribution in [0.25, 0.3) is 0 Å². The fraction of sp³-hybridized carbons (Fsp3) is 0.400. The van der Waals surface area contributed by atoms with Gasteiger partial charge in [0.1, 0.15) is 5.56 Å². The number of pyridine rings is 1. The van der Waals surface area contributed by atoms with Crippen LogP contribution in [0.5, 0.6) is 5.75 Å². The third-order valence-electron chi connectivity index (χ3n) is 1.88. The molecular formula is C10H13NO3. The topological polar surface area (TPSA) is 59.4 Å². The predicted molar refractivity (Wildman–Crippen MR) is 51.7 cm³/mol. The Morgan fingerprint density at radius 1 is 1.64 bits per heavy atom. The van der Waals surface area contributed by atoms with Gasteiger partial charge in [0, 0.05) is 5.69 Å². The molecule has 1 heterocycles. The largest absolute Gasteiger partial charge is 0.494 e. The molecule has 14 heavy (non-hydrogen) atoms. The lowest BCUT2D eigenvalue weighted by Crippen LogP contribution is -2.03. The summed E-state index contributed by atoms with van der Waals surface area (Å²) in [6.45, 7) is 2.02. The molecule has 0 radical (unpaired) electrons. The van der Waals surface area contributed by atoms with E-state index in [1.165, 1.54) is 13.3 Å². The normalized spacial score (nSPS) is 9.86. The summed E-state index contributed by atoms with van der Waals surface area (Å²) in [4.78, 5) is 14.9. The molecule has 0 aliphatic heterocycles. The van der Waals surface area contributed by atoms with Crippen LogP contribution in [-0.2, 0) is 6.42 Å². The average molecular weight is 195 g/mol. The van der Waals surface area contributed by atoms with Crippen LogP contribution in [0.3, 0.4) is 0 Å². The monoisotopic (exact) mass is 195 g/mol. The van der Waals surface area contributed by atoms with E-state index in [1.807, 2.05) is 6.92 Å². The Morgan fingerprint density at radius 2 is 2.36 bits per heavy atom. The number of ether oxygens (including phenoxy) is 1. The predicted octanol–water partition coefficient (Wildman–Crippen LogP) is 1.74. The van der Waals surface area contributed by atoms with Gasteiger partial charge in [0.05, 0.1) is 13.3 Å². The molecule has 4 nitrogen and oxygen atoms in total. The number of hydrogen-bond donors (Lipinski definition) is 1. The number of aryl methyl sites for hydroxylation is 1. The van der Waals surface area contributed by atoms with Crippen molar-refractivity contribution in [1.82, 2.24) is 4.98 Å². The van der Waals surface area contributed by atoms with Crippen LogP contribution < -0.4 is 4.74 Å². The van der Waals surface area contributed by atoms with Crippen molar-refractivity contribution < 1.29 is 14.6 Å². The summed E-state index contributed by atoms with van der Waals surface area (Å²) in [5, 5.41) is 8.88. The molecule has 0 aliphatic carbocycles. The second-order valence-electron chi connectivity index (χ2n) is 2.93. The zero-order chi connectivity index (χ0) is 10.6. The summed E-state index contributed by atoms with van der Waals surface area (Å²) in [6, 6.07) is 1.56. The van der Waals surface area contributed by atoms with Crippen LogP contribution in [0, 0.1) is 0 Å². The Hall–Kier alpha value is -1.58. The third kappa shape index (κ3) is 2.22. The Labute approximate surface area is 82.5 Å². The first kappa shape index (κ1) is 10.5. The van der Waals surface area contributed by atoms with Crippen LogP contribution in [0.1, 0.15) is 29.4 Å². The number of rotatable bonds is 4. The van der Waals surface area contributed by atoms with Crippen molar-refractivity contribution in [1.29, 1.82) is 0 Å². The second-order valence-corrected chi connectivity index (χ2v) is 2.93. The van der Waals surface area contributed by atoms with Gasteiger partial charge < -0.3 is 9.84 Å². The fourth-order valence-corrected chi connectivity index (χ4v) is 1.21. The number of methoxy groups -OCH3 is 1. The Balaban J connectivity index is 3.07. The molecule has 0 aliphatic rings. The number of aromatic nitrogens is 1. The van der Waals surface area contributed by atoms with Crippen molar-refractivity contribution in [3.8, 4) is 5.75 Å². The average Bonchev–Trinajstić information content (AvgIpc) is 2.18. The Kier molecular flexibility index (Phi) is 3.45. The Bertz CT molecular complexity index is 336. The van der Waals surface area contributed by atoms with Crippen molar-refractivity contribution in [3.63, 3.8) is 0 Å². The van der Waals surface area contributed by atoms with Gasteiger partial charge in [-0.3, -0.25) is 4.98 Å². The third-order valence-corrected chi connectivity index (χ3v) is 1.88. The highest BCUT2D eigenvalue weighted by molar-refractivity contribution is 5.90. The number of carbonyl (C=O) groups is 1. The smallest absolute Gasteiger partial charge is 0.339 e. The minimum Gasteiger partial charge on any atom is -0.494 e. The lowest BCUT2D eigenvalue weighted by molar-refractivity contribution is 0.0693. The second kappa shape index (κ2) is 4.60. The minimum atomic E-state index is -0.985. The highest BCUT2D eigenvalue weighted by atomic mass is 16.5. The molecule has 1 aromatic rings. The van der Waals surface area contributed by atoms with E-state index < -0.39 is 5.97 Å². The maximum Gasteiger partial charge on any atom is 0.339 e. The maximum absolute atomic E-state index is 10.8. The summed E-state index contributed by atoms with van der Waals surface area (Å²) < 4.78 is 4.90. The van der Waals surface area contributed by atoms with Crippen LogP contribution in [0.2, 0.25) is 0 Å². The van der Waals surface area contributed by atoms with Gasteiger partial charge in [-0.15, -0.1) is 0 Å². The van der Waals surface area contributed by atoms with Gasteiger partial charge in [0.25, 0.3) is 0 Å². The molecule has 1 aromatic heterocycles. The molecular weight excluding hydrogens is 182 g/mol. The van der Waals surface area contributed by atoms with Crippen molar-refractivity contribution in [2.75, 3.05) is 7.11 Å². The standard InChI is InChI=1S/C10H13NO3/c1-3-4-7-5-8(10(12)13)9(14-2)6-11-7/h5-6H,3-4H2,1-2H3,(H,12,13). The molecule has 0 atom stereocenters. The molecule has 0 bridgehead atoms. The maximum atomic E-state index is 10.8. The first-order valence-electron chi connectivity index (χ1n) is 4.45. The molecule has 0 saturated carbocycles. The van der Waals surface area contributed by atoms with E-state index in [9.17, 15) is 4.79 Å². The highest BCUT2D eigenvalue weighted by Crippen LogP contribution is 2.18. The SMILES string of the molecule is CCCc1cc(C(=O)O)c(OC)cn1. The van der Waals surface area contributed by atoms with E-state index in [0.29, 0.717) is 5.75 Å². The Morgan fingerprint density at radius 3 is 2.86 bits per heavy atom. The zero-order valence-electron chi connectivity index (χ0n) is 8.28. The number of nitrogens with zero attached hydrogens (tertiary/aromatic N) is 1. The molecule has 76 valence electrons. The van der Waals surface area contributed by atoms with E-state index in [0.717, 1.165) is 18.5 Å². The molecule has 0 fully saturated rings. The van der Waals surface area contributed by atoms with Crippen LogP contribution >= 0.6 is 0 Å². The van der Waals surface area contributed by atoms with Crippen molar-refractivity contribution in [3.05, 3.63) is 23.5 Å². The lowest BCUT2D eigenvalue weighted by atomic mass is 10.1. The summed E-state index contributed by atoms with van der Waals surface area (Å²) in [5.74, 6) is -0.682. The van der Waals surface area contributed by atoms with Gasteiger partial charge in [0.15, 0.2) is 5.75 Å². The lowest BCUT2D eigenvalue weighted by Gasteiger charge is -2.05. The van der Waals surface area contributed by atoms with Crippen LogP contribution in [0.4, 0.5) is 0 Å². The fourth-order valence-electron chi connectivity index (χ4n) is 1.21. The number of hydrogen-bond acceptors (Lipinski definition) is 3. The summed E-state index contributed by atoms with van der Waals surface area (Å²) in [5.41, 5.74) is 0.955.